The molecule has 4 nitrogen and oxygen atoms in total. The standard InChI is InChI=1S/C20H38O4.C2H4/c1-5-10-18(7-3)14-16-24-20(22)12-9-8-11-19(21)23-15-13-17(4)6-2;1-2/h17-18H,5-16H2,1-4H3;1-2H2. The zero-order chi connectivity index (χ0) is 20.2. The molecule has 26 heavy (non-hydrogen) atoms. The number of hydrogen-bond donors (Lipinski definition) is 0. The monoisotopic (exact) mass is 370 g/mol. The maximum Gasteiger partial charge on any atom is 0.305 e. The molecule has 4 heteroatoms. The van der Waals surface area contributed by atoms with Gasteiger partial charge in [-0.3, -0.25) is 9.59 Å². The van der Waals surface area contributed by atoms with Crippen molar-refractivity contribution in [1.29, 1.82) is 0 Å². The Labute approximate surface area is 161 Å². The zero-order valence-electron chi connectivity index (χ0n) is 17.7. The van der Waals surface area contributed by atoms with E-state index in [0.717, 1.165) is 25.7 Å². The third-order valence-electron chi connectivity index (χ3n) is 4.65. The van der Waals surface area contributed by atoms with Crippen molar-refractivity contribution >= 4 is 11.9 Å². The molecule has 154 valence electrons. The molecule has 0 spiro atoms. The molecule has 0 rings (SSSR count). The summed E-state index contributed by atoms with van der Waals surface area (Å²) in [4.78, 5) is 23.2. The molecule has 2 atom stereocenters. The van der Waals surface area contributed by atoms with Crippen molar-refractivity contribution in [2.45, 2.75) is 91.9 Å². The second-order valence-electron chi connectivity index (χ2n) is 6.80. The highest BCUT2D eigenvalue weighted by molar-refractivity contribution is 5.70. The van der Waals surface area contributed by atoms with E-state index in [4.69, 9.17) is 9.47 Å². The van der Waals surface area contributed by atoms with Gasteiger partial charge in [0.25, 0.3) is 0 Å². The number of hydrogen-bond acceptors (Lipinski definition) is 4. The Balaban J connectivity index is 0. The van der Waals surface area contributed by atoms with E-state index in [1.807, 2.05) is 0 Å². The van der Waals surface area contributed by atoms with Gasteiger partial charge < -0.3 is 9.47 Å². The Hall–Kier alpha value is -1.32. The van der Waals surface area contributed by atoms with Crippen LogP contribution in [0.1, 0.15) is 91.9 Å². The quantitative estimate of drug-likeness (QED) is 0.199. The van der Waals surface area contributed by atoms with E-state index >= 15 is 0 Å². The third-order valence-corrected chi connectivity index (χ3v) is 4.65. The van der Waals surface area contributed by atoms with E-state index in [9.17, 15) is 9.59 Å². The third kappa shape index (κ3) is 17.5. The molecule has 0 bridgehead atoms. The molecular weight excluding hydrogens is 328 g/mol. The topological polar surface area (TPSA) is 52.6 Å². The molecular formula is C22H42O4. The van der Waals surface area contributed by atoms with E-state index < -0.39 is 0 Å². The van der Waals surface area contributed by atoms with Crippen LogP contribution in [0, 0.1) is 11.8 Å². The van der Waals surface area contributed by atoms with E-state index in [2.05, 4.69) is 40.9 Å². The Morgan fingerprint density at radius 3 is 1.73 bits per heavy atom. The zero-order valence-corrected chi connectivity index (χ0v) is 17.7. The minimum absolute atomic E-state index is 0.147. The molecule has 0 N–H and O–H groups in total. The minimum atomic E-state index is -0.156. The smallest absolute Gasteiger partial charge is 0.305 e. The Morgan fingerprint density at radius 1 is 0.808 bits per heavy atom. The van der Waals surface area contributed by atoms with Crippen molar-refractivity contribution in [2.75, 3.05) is 13.2 Å². The molecule has 0 radical (unpaired) electrons. The molecule has 0 aromatic rings. The molecule has 2 unspecified atom stereocenters. The molecule has 0 aromatic heterocycles. The van der Waals surface area contributed by atoms with Gasteiger partial charge in [0.05, 0.1) is 13.2 Å². The van der Waals surface area contributed by atoms with E-state index in [-0.39, 0.29) is 11.9 Å². The minimum Gasteiger partial charge on any atom is -0.466 e. The number of carbonyl (C=O) groups is 2. The summed E-state index contributed by atoms with van der Waals surface area (Å²) in [6, 6.07) is 0. The van der Waals surface area contributed by atoms with Crippen LogP contribution in [-0.2, 0) is 19.1 Å². The van der Waals surface area contributed by atoms with Crippen LogP contribution in [0.4, 0.5) is 0 Å². The van der Waals surface area contributed by atoms with E-state index in [1.54, 1.807) is 0 Å². The van der Waals surface area contributed by atoms with Crippen molar-refractivity contribution in [2.24, 2.45) is 11.8 Å². The average Bonchev–Trinajstić information content (AvgIpc) is 2.65. The van der Waals surface area contributed by atoms with Crippen LogP contribution >= 0.6 is 0 Å². The number of rotatable bonds is 15. The van der Waals surface area contributed by atoms with Gasteiger partial charge in [-0.2, -0.15) is 0 Å². The van der Waals surface area contributed by atoms with Crippen molar-refractivity contribution in [3.05, 3.63) is 13.2 Å². The summed E-state index contributed by atoms with van der Waals surface area (Å²) in [5.74, 6) is 0.953. The molecule has 0 aliphatic carbocycles. The molecule has 0 amide bonds. The van der Waals surface area contributed by atoms with E-state index in [1.165, 1.54) is 12.8 Å². The van der Waals surface area contributed by atoms with Crippen LogP contribution in [-0.4, -0.2) is 25.2 Å². The van der Waals surface area contributed by atoms with Gasteiger partial charge in [-0.15, -0.1) is 13.2 Å². The summed E-state index contributed by atoms with van der Waals surface area (Å²) < 4.78 is 10.5. The maximum absolute atomic E-state index is 11.7. The van der Waals surface area contributed by atoms with Crippen LogP contribution < -0.4 is 0 Å². The highest BCUT2D eigenvalue weighted by atomic mass is 16.5. The lowest BCUT2D eigenvalue weighted by molar-refractivity contribution is -0.146. The average molecular weight is 371 g/mol. The Morgan fingerprint density at radius 2 is 1.31 bits per heavy atom. The maximum atomic E-state index is 11.7. The van der Waals surface area contributed by atoms with Gasteiger partial charge in [-0.25, -0.2) is 0 Å². The fourth-order valence-corrected chi connectivity index (χ4v) is 2.56. The van der Waals surface area contributed by atoms with E-state index in [0.29, 0.717) is 50.7 Å². The lowest BCUT2D eigenvalue weighted by Gasteiger charge is -2.13. The van der Waals surface area contributed by atoms with Gasteiger partial charge in [0.2, 0.25) is 0 Å². The summed E-state index contributed by atoms with van der Waals surface area (Å²) in [5.41, 5.74) is 0. The van der Waals surface area contributed by atoms with Crippen LogP contribution in [0.2, 0.25) is 0 Å². The summed E-state index contributed by atoms with van der Waals surface area (Å²) >= 11 is 0. The first-order chi connectivity index (χ1) is 12.5. The van der Waals surface area contributed by atoms with Crippen LogP contribution in [0.3, 0.4) is 0 Å². The van der Waals surface area contributed by atoms with Gasteiger partial charge in [0.1, 0.15) is 0 Å². The van der Waals surface area contributed by atoms with Crippen LogP contribution in [0.15, 0.2) is 13.2 Å². The summed E-state index contributed by atoms with van der Waals surface area (Å²) in [7, 11) is 0. The SMILES string of the molecule is C=C.CCCC(CC)CCOC(=O)CCCCC(=O)OCCC(C)CC. The first-order valence-electron chi connectivity index (χ1n) is 10.3. The molecule has 0 aliphatic rings. The number of carbonyl (C=O) groups excluding carboxylic acids is 2. The normalized spacial score (nSPS) is 12.5. The van der Waals surface area contributed by atoms with Crippen molar-refractivity contribution in [3.8, 4) is 0 Å². The van der Waals surface area contributed by atoms with Gasteiger partial charge in [0.15, 0.2) is 0 Å². The van der Waals surface area contributed by atoms with Crippen molar-refractivity contribution < 1.29 is 19.1 Å². The van der Waals surface area contributed by atoms with Crippen LogP contribution in [0.5, 0.6) is 0 Å². The second-order valence-corrected chi connectivity index (χ2v) is 6.80. The Kier molecular flexibility index (Phi) is 20.7. The summed E-state index contributed by atoms with van der Waals surface area (Å²) in [5, 5.41) is 0. The highest BCUT2D eigenvalue weighted by Crippen LogP contribution is 2.15. The molecule has 0 fully saturated rings. The Bertz CT molecular complexity index is 341. The molecule has 0 aromatic carbocycles. The number of unbranched alkanes of at least 4 members (excludes halogenated alkanes) is 1. The molecule has 0 aliphatic heterocycles. The number of esters is 2. The second kappa shape index (κ2) is 20.0. The molecule has 0 saturated carbocycles. The lowest BCUT2D eigenvalue weighted by atomic mass is 9.98. The lowest BCUT2D eigenvalue weighted by Crippen LogP contribution is -2.10. The van der Waals surface area contributed by atoms with Crippen LogP contribution in [0.25, 0.3) is 0 Å². The fourth-order valence-electron chi connectivity index (χ4n) is 2.56. The fraction of sp³-hybridized carbons (Fsp3) is 0.818. The first-order valence-corrected chi connectivity index (χ1v) is 10.3. The van der Waals surface area contributed by atoms with Gasteiger partial charge in [-0.1, -0.05) is 53.4 Å². The largest absolute Gasteiger partial charge is 0.466 e. The van der Waals surface area contributed by atoms with Gasteiger partial charge in [0, 0.05) is 12.8 Å². The first kappa shape index (κ1) is 26.9. The molecule has 0 heterocycles. The predicted molar refractivity (Wildman–Crippen MR) is 109 cm³/mol. The van der Waals surface area contributed by atoms with Crippen molar-refractivity contribution in [3.63, 3.8) is 0 Å². The summed E-state index contributed by atoms with van der Waals surface area (Å²) in [6.45, 7) is 15.7. The number of ether oxygens (including phenoxy) is 2. The van der Waals surface area contributed by atoms with Crippen molar-refractivity contribution in [1.82, 2.24) is 0 Å². The van der Waals surface area contributed by atoms with Gasteiger partial charge in [-0.05, 0) is 37.5 Å². The predicted octanol–water partition coefficient (Wildman–Crippen LogP) is 6.09. The summed E-state index contributed by atoms with van der Waals surface area (Å²) in [6.07, 6.45) is 8.67. The molecule has 0 saturated heterocycles. The van der Waals surface area contributed by atoms with Gasteiger partial charge >= 0.3 is 11.9 Å². The highest BCUT2D eigenvalue weighted by Gasteiger charge is 2.09.